The molecular weight excluding hydrogens is 360 g/mol. The monoisotopic (exact) mass is 380 g/mol. The van der Waals surface area contributed by atoms with E-state index in [9.17, 15) is 13.2 Å². The zero-order chi connectivity index (χ0) is 18.4. The number of nitrogens with one attached hydrogen (secondary N) is 2. The summed E-state index contributed by atoms with van der Waals surface area (Å²) in [5.74, 6) is -0.242. The molecule has 0 bridgehead atoms. The predicted molar refractivity (Wildman–Crippen MR) is 102 cm³/mol. The summed E-state index contributed by atoms with van der Waals surface area (Å²) in [6.45, 7) is 1.95. The first kappa shape index (κ1) is 19.3. The summed E-state index contributed by atoms with van der Waals surface area (Å²) in [6.07, 6.45) is 2.73. The maximum absolute atomic E-state index is 12.3. The van der Waals surface area contributed by atoms with Crippen LogP contribution in [0.4, 0.5) is 5.69 Å². The van der Waals surface area contributed by atoms with Crippen molar-refractivity contribution >= 4 is 33.2 Å². The molecule has 25 heavy (non-hydrogen) atoms. The first-order chi connectivity index (χ1) is 11.7. The van der Waals surface area contributed by atoms with Crippen molar-refractivity contribution in [1.29, 1.82) is 0 Å². The van der Waals surface area contributed by atoms with Crippen LogP contribution in [0.1, 0.15) is 29.3 Å². The normalized spacial score (nSPS) is 12.4. The van der Waals surface area contributed by atoms with E-state index in [1.165, 1.54) is 17.7 Å². The fourth-order valence-electron chi connectivity index (χ4n) is 2.35. The fourth-order valence-corrected chi connectivity index (χ4v) is 3.21. The quantitative estimate of drug-likeness (QED) is 0.772. The van der Waals surface area contributed by atoms with Crippen LogP contribution in [0.2, 0.25) is 5.02 Å². The molecule has 5 nitrogen and oxygen atoms in total. The second-order valence-corrected chi connectivity index (χ2v) is 8.12. The summed E-state index contributed by atoms with van der Waals surface area (Å²) >= 11 is 6.05. The minimum atomic E-state index is -3.42. The van der Waals surface area contributed by atoms with Gasteiger partial charge in [-0.1, -0.05) is 41.9 Å². The van der Waals surface area contributed by atoms with Gasteiger partial charge < -0.3 is 5.32 Å². The largest absolute Gasteiger partial charge is 0.350 e. The molecule has 0 unspecified atom stereocenters. The van der Waals surface area contributed by atoms with E-state index in [0.29, 0.717) is 5.56 Å². The molecule has 0 heterocycles. The van der Waals surface area contributed by atoms with E-state index in [1.807, 2.05) is 25.1 Å². The molecule has 2 N–H and O–H groups in total. The second kappa shape index (κ2) is 8.36. The third-order valence-electron chi connectivity index (χ3n) is 3.61. The van der Waals surface area contributed by atoms with Crippen molar-refractivity contribution in [2.24, 2.45) is 0 Å². The molecule has 1 amide bonds. The molecule has 0 aromatic heterocycles. The topological polar surface area (TPSA) is 75.3 Å². The number of rotatable bonds is 7. The summed E-state index contributed by atoms with van der Waals surface area (Å²) < 4.78 is 24.8. The van der Waals surface area contributed by atoms with Crippen LogP contribution in [0.25, 0.3) is 0 Å². The Morgan fingerprint density at radius 2 is 1.84 bits per heavy atom. The number of hydrogen-bond donors (Lipinski definition) is 2. The summed E-state index contributed by atoms with van der Waals surface area (Å²) in [7, 11) is -3.42. The highest BCUT2D eigenvalue weighted by Gasteiger charge is 2.13. The number of amides is 1. The molecule has 7 heteroatoms. The SMILES string of the molecule is C[C@@H](CCc1ccccc1)NC(=O)c1ccc(NS(C)(=O)=O)c(Cl)c1. The van der Waals surface area contributed by atoms with Gasteiger partial charge in [-0.05, 0) is 43.5 Å². The lowest BCUT2D eigenvalue weighted by Gasteiger charge is -2.15. The van der Waals surface area contributed by atoms with Gasteiger partial charge in [0.05, 0.1) is 17.0 Å². The number of aryl methyl sites for hydroxylation is 1. The molecule has 0 aliphatic carbocycles. The van der Waals surface area contributed by atoms with Crippen molar-refractivity contribution in [3.05, 3.63) is 64.7 Å². The van der Waals surface area contributed by atoms with Crippen molar-refractivity contribution in [3.8, 4) is 0 Å². The first-order valence-electron chi connectivity index (χ1n) is 7.87. The number of halogens is 1. The Kier molecular flexibility index (Phi) is 6.45. The zero-order valence-corrected chi connectivity index (χ0v) is 15.7. The van der Waals surface area contributed by atoms with Crippen LogP contribution in [-0.2, 0) is 16.4 Å². The Morgan fingerprint density at radius 1 is 1.16 bits per heavy atom. The van der Waals surface area contributed by atoms with Gasteiger partial charge in [0.25, 0.3) is 5.91 Å². The number of sulfonamides is 1. The van der Waals surface area contributed by atoms with Gasteiger partial charge in [0.2, 0.25) is 10.0 Å². The molecule has 0 aliphatic heterocycles. The molecule has 2 rings (SSSR count). The fraction of sp³-hybridized carbons (Fsp3) is 0.278. The van der Waals surface area contributed by atoms with Crippen LogP contribution in [0, 0.1) is 0 Å². The number of carbonyl (C=O) groups excluding carboxylic acids is 1. The Bertz CT molecular complexity index is 839. The number of carbonyl (C=O) groups is 1. The summed E-state index contributed by atoms with van der Waals surface area (Å²) in [5, 5.41) is 3.10. The van der Waals surface area contributed by atoms with Crippen molar-refractivity contribution in [3.63, 3.8) is 0 Å². The Labute approximate surface area is 153 Å². The number of benzene rings is 2. The minimum absolute atomic E-state index is 0.000280. The van der Waals surface area contributed by atoms with Gasteiger partial charge >= 0.3 is 0 Å². The molecular formula is C18H21ClN2O3S. The van der Waals surface area contributed by atoms with Gasteiger partial charge in [0.1, 0.15) is 0 Å². The Hall–Kier alpha value is -2.05. The molecule has 0 aliphatic rings. The molecule has 0 saturated carbocycles. The van der Waals surface area contributed by atoms with Crippen LogP contribution in [0.5, 0.6) is 0 Å². The van der Waals surface area contributed by atoms with Crippen molar-refractivity contribution < 1.29 is 13.2 Å². The van der Waals surface area contributed by atoms with E-state index < -0.39 is 10.0 Å². The second-order valence-electron chi connectivity index (χ2n) is 5.97. The van der Waals surface area contributed by atoms with Gasteiger partial charge in [-0.25, -0.2) is 8.42 Å². The third-order valence-corrected chi connectivity index (χ3v) is 4.52. The van der Waals surface area contributed by atoms with Gasteiger partial charge in [-0.2, -0.15) is 0 Å². The molecule has 1 atom stereocenters. The summed E-state index contributed by atoms with van der Waals surface area (Å²) in [5.41, 5.74) is 1.86. The summed E-state index contributed by atoms with van der Waals surface area (Å²) in [6, 6.07) is 14.5. The Morgan fingerprint density at radius 3 is 2.44 bits per heavy atom. The molecule has 134 valence electrons. The zero-order valence-electron chi connectivity index (χ0n) is 14.1. The van der Waals surface area contributed by atoms with Gasteiger partial charge in [0, 0.05) is 11.6 Å². The molecule has 2 aromatic rings. The number of hydrogen-bond acceptors (Lipinski definition) is 3. The maximum atomic E-state index is 12.3. The smallest absolute Gasteiger partial charge is 0.251 e. The minimum Gasteiger partial charge on any atom is -0.350 e. The van der Waals surface area contributed by atoms with E-state index in [-0.39, 0.29) is 22.7 Å². The lowest BCUT2D eigenvalue weighted by Crippen LogP contribution is -2.32. The van der Waals surface area contributed by atoms with Gasteiger partial charge in [-0.3, -0.25) is 9.52 Å². The highest BCUT2D eigenvalue weighted by Crippen LogP contribution is 2.24. The van der Waals surface area contributed by atoms with E-state index in [0.717, 1.165) is 19.1 Å². The average molecular weight is 381 g/mol. The van der Waals surface area contributed by atoms with Crippen LogP contribution < -0.4 is 10.0 Å². The van der Waals surface area contributed by atoms with Crippen LogP contribution in [-0.4, -0.2) is 26.6 Å². The van der Waals surface area contributed by atoms with Crippen molar-refractivity contribution in [2.45, 2.75) is 25.8 Å². The van der Waals surface area contributed by atoms with E-state index in [1.54, 1.807) is 6.07 Å². The highest BCUT2D eigenvalue weighted by atomic mass is 35.5. The standard InChI is InChI=1S/C18H21ClN2O3S/c1-13(8-9-14-6-4-3-5-7-14)20-18(22)15-10-11-17(16(19)12-15)21-25(2,23)24/h3-7,10-13,21H,8-9H2,1-2H3,(H,20,22)/t13-/m0/s1. The van der Waals surface area contributed by atoms with Gasteiger partial charge in [-0.15, -0.1) is 0 Å². The molecule has 0 fully saturated rings. The van der Waals surface area contributed by atoms with Crippen molar-refractivity contribution in [2.75, 3.05) is 11.0 Å². The molecule has 0 spiro atoms. The van der Waals surface area contributed by atoms with E-state index >= 15 is 0 Å². The van der Waals surface area contributed by atoms with Crippen LogP contribution in [0.15, 0.2) is 48.5 Å². The summed E-state index contributed by atoms with van der Waals surface area (Å²) in [4.78, 5) is 12.3. The maximum Gasteiger partial charge on any atom is 0.251 e. The molecule has 0 saturated heterocycles. The van der Waals surface area contributed by atoms with Crippen molar-refractivity contribution in [1.82, 2.24) is 5.32 Å². The van der Waals surface area contributed by atoms with Crippen LogP contribution in [0.3, 0.4) is 0 Å². The lowest BCUT2D eigenvalue weighted by atomic mass is 10.1. The molecule has 0 radical (unpaired) electrons. The average Bonchev–Trinajstić information content (AvgIpc) is 2.54. The first-order valence-corrected chi connectivity index (χ1v) is 10.1. The van der Waals surface area contributed by atoms with E-state index in [4.69, 9.17) is 11.6 Å². The third kappa shape index (κ3) is 6.40. The number of anilines is 1. The lowest BCUT2D eigenvalue weighted by molar-refractivity contribution is 0.0938. The van der Waals surface area contributed by atoms with Gasteiger partial charge in [0.15, 0.2) is 0 Å². The predicted octanol–water partition coefficient (Wildman–Crippen LogP) is 3.46. The Balaban J connectivity index is 1.94. The van der Waals surface area contributed by atoms with E-state index in [2.05, 4.69) is 22.2 Å². The molecule has 2 aromatic carbocycles. The highest BCUT2D eigenvalue weighted by molar-refractivity contribution is 7.92. The van der Waals surface area contributed by atoms with Crippen LogP contribution >= 0.6 is 11.6 Å².